The number of ether oxygens (including phenoxy) is 2. The van der Waals surface area contributed by atoms with Gasteiger partial charge in [0.1, 0.15) is 35.5 Å². The minimum absolute atomic E-state index is 0.0127. The molecular weight excluding hydrogens is 835 g/mol. The number of nitrogens with zero attached hydrogens (tertiary/aromatic N) is 6. The highest BCUT2D eigenvalue weighted by molar-refractivity contribution is 6.29. The van der Waals surface area contributed by atoms with Crippen LogP contribution in [0.1, 0.15) is 106 Å². The van der Waals surface area contributed by atoms with Crippen LogP contribution in [0.15, 0.2) is 74.7 Å². The molecule has 6 aliphatic rings. The Labute approximate surface area is 389 Å². The van der Waals surface area contributed by atoms with Crippen LogP contribution in [0.25, 0.3) is 16.5 Å². The maximum absolute atomic E-state index is 17.3. The van der Waals surface area contributed by atoms with Crippen molar-refractivity contribution in [3.63, 3.8) is 0 Å². The average Bonchev–Trinajstić information content (AvgIpc) is 4.09. The highest BCUT2D eigenvalue weighted by atomic mass is 19.1. The lowest BCUT2D eigenvalue weighted by Gasteiger charge is -2.56. The van der Waals surface area contributed by atoms with E-state index in [0.29, 0.717) is 83.4 Å². The number of piperidine rings is 3. The van der Waals surface area contributed by atoms with Gasteiger partial charge in [-0.2, -0.15) is 0 Å². The lowest BCUT2D eigenvalue weighted by molar-refractivity contribution is -0.0537. The van der Waals surface area contributed by atoms with Crippen LogP contribution in [-0.4, -0.2) is 130 Å². The van der Waals surface area contributed by atoms with Gasteiger partial charge in [-0.15, -0.1) is 0 Å². The first-order valence-electron chi connectivity index (χ1n) is 24.5. The summed E-state index contributed by atoms with van der Waals surface area (Å²) >= 11 is 0. The van der Waals surface area contributed by atoms with Gasteiger partial charge >= 0.3 is 0 Å². The fourth-order valence-electron chi connectivity index (χ4n) is 11.8. The number of aryl methyl sites for hydroxylation is 1. The predicted octanol–water partition coefficient (Wildman–Crippen LogP) is 9.74. The van der Waals surface area contributed by atoms with Gasteiger partial charge in [0.15, 0.2) is 5.83 Å². The molecular formula is C53H68F2N8O3. The van der Waals surface area contributed by atoms with Crippen LogP contribution in [0.3, 0.4) is 0 Å². The van der Waals surface area contributed by atoms with E-state index in [1.54, 1.807) is 18.3 Å². The van der Waals surface area contributed by atoms with E-state index in [1.807, 2.05) is 20.9 Å². The van der Waals surface area contributed by atoms with Crippen molar-refractivity contribution >= 4 is 47.0 Å². The second-order valence-corrected chi connectivity index (χ2v) is 19.8. The molecule has 4 aliphatic heterocycles. The van der Waals surface area contributed by atoms with Crippen LogP contribution >= 0.6 is 0 Å². The number of anilines is 1. The van der Waals surface area contributed by atoms with Crippen molar-refractivity contribution in [2.24, 2.45) is 25.8 Å². The van der Waals surface area contributed by atoms with Gasteiger partial charge in [0.25, 0.3) is 0 Å². The SMILES string of the molecule is C=N/C(=C1/C=NC(c2cc(O)cc3ccc(F)c(CC)c23)=C(F)/C1=N/COCC1(CN2CCC3(CC2)CC(N2CCC(c4ccc(C=N)c(NC)c4)CC2)C3)CC1)N1CCC[C@@H](OCC)C1. The first-order valence-corrected chi connectivity index (χ1v) is 24.5. The highest BCUT2D eigenvalue weighted by Gasteiger charge is 2.50. The summed E-state index contributed by atoms with van der Waals surface area (Å²) in [6.45, 7) is 15.7. The zero-order valence-corrected chi connectivity index (χ0v) is 39.2. The number of hydrogen-bond acceptors (Lipinski definition) is 11. The summed E-state index contributed by atoms with van der Waals surface area (Å²) in [6, 6.07) is 13.2. The molecule has 1 spiro atoms. The molecule has 13 heteroatoms. The minimum Gasteiger partial charge on any atom is -0.508 e. The number of hydrogen-bond donors (Lipinski definition) is 3. The van der Waals surface area contributed by atoms with Crippen molar-refractivity contribution in [1.29, 1.82) is 5.41 Å². The van der Waals surface area contributed by atoms with Gasteiger partial charge < -0.3 is 40.0 Å². The van der Waals surface area contributed by atoms with Crippen LogP contribution in [-0.2, 0) is 15.9 Å². The first kappa shape index (κ1) is 46.3. The predicted molar refractivity (Wildman–Crippen MR) is 263 cm³/mol. The number of fused-ring (bicyclic) bond motifs is 1. The van der Waals surface area contributed by atoms with Gasteiger partial charge in [-0.3, -0.25) is 9.98 Å². The molecule has 2 aliphatic carbocycles. The van der Waals surface area contributed by atoms with E-state index < -0.39 is 11.6 Å². The highest BCUT2D eigenvalue weighted by Crippen LogP contribution is 2.53. The Morgan fingerprint density at radius 3 is 2.50 bits per heavy atom. The summed E-state index contributed by atoms with van der Waals surface area (Å²) in [5.74, 6) is -0.0826. The van der Waals surface area contributed by atoms with Crippen molar-refractivity contribution in [2.45, 2.75) is 103 Å². The number of nitrogens with one attached hydrogen (secondary N) is 2. The third kappa shape index (κ3) is 9.50. The summed E-state index contributed by atoms with van der Waals surface area (Å²) in [7, 11) is 1.93. The van der Waals surface area contributed by atoms with Crippen LogP contribution in [0, 0.1) is 22.1 Å². The number of phenolic OH excluding ortho intramolecular Hbond substituents is 1. The Hall–Kier alpha value is -4.82. The van der Waals surface area contributed by atoms with Crippen molar-refractivity contribution < 1.29 is 23.4 Å². The number of benzene rings is 3. The van der Waals surface area contributed by atoms with Gasteiger partial charge in [-0.25, -0.2) is 13.8 Å². The Morgan fingerprint density at radius 1 is 1.02 bits per heavy atom. The van der Waals surface area contributed by atoms with Gasteiger partial charge in [-0.1, -0.05) is 25.1 Å². The molecule has 0 radical (unpaired) electrons. The summed E-state index contributed by atoms with van der Waals surface area (Å²) in [6.07, 6.45) is 14.9. The smallest absolute Gasteiger partial charge is 0.175 e. The Balaban J connectivity index is 0.838. The van der Waals surface area contributed by atoms with E-state index in [2.05, 4.69) is 54.9 Å². The summed E-state index contributed by atoms with van der Waals surface area (Å²) in [5.41, 5.74) is 5.09. The summed E-state index contributed by atoms with van der Waals surface area (Å²) < 4.78 is 44.8. The molecule has 3 N–H and O–H groups in total. The number of likely N-dealkylation sites (tertiary alicyclic amines) is 3. The van der Waals surface area contributed by atoms with Crippen molar-refractivity contribution in [3.05, 3.63) is 87.8 Å². The van der Waals surface area contributed by atoms with E-state index in [1.165, 1.54) is 62.4 Å². The van der Waals surface area contributed by atoms with E-state index in [9.17, 15) is 5.11 Å². The fourth-order valence-corrected chi connectivity index (χ4v) is 11.8. The Morgan fingerprint density at radius 2 is 1.80 bits per heavy atom. The molecule has 11 nitrogen and oxygen atoms in total. The fraction of sp³-hybridized carbons (Fsp3) is 0.547. The van der Waals surface area contributed by atoms with E-state index in [-0.39, 0.29) is 35.4 Å². The average molecular weight is 903 g/mol. The lowest BCUT2D eigenvalue weighted by atomic mass is 9.59. The zero-order chi connectivity index (χ0) is 46.0. The standard InChI is InChI=1S/C53H68F2N8O3/c1-5-42-45(54)12-11-37-24-40(64)26-43(47(37)42)49-48(55)50(44(30-59-49)51(58-4)63-19-7-8-41(31-63)66-6-2)60-34-65-33-53(15-16-53)32-61-22-17-52(18-23-61)27-39(28-52)62-20-13-35(14-21-62)36-9-10-38(29-56)46(25-36)57-3/h9-12,24-26,29-30,35,39,41,56-57,64H,4-8,13-23,27-28,31-34H2,1-3H3/b51-44+,56-29?,60-50+/t41-/m1/s1. The molecule has 3 saturated heterocycles. The number of rotatable bonds is 16. The number of allylic oxidation sites excluding steroid dienone is 2. The molecule has 4 heterocycles. The van der Waals surface area contributed by atoms with Crippen LogP contribution in [0.2, 0.25) is 0 Å². The Kier molecular flexibility index (Phi) is 13.9. The molecule has 0 amide bonds. The quantitative estimate of drug-likeness (QED) is 0.0968. The van der Waals surface area contributed by atoms with Gasteiger partial charge in [0.05, 0.1) is 18.3 Å². The molecule has 352 valence electrons. The molecule has 3 aromatic rings. The van der Waals surface area contributed by atoms with Crippen molar-refractivity contribution in [2.75, 3.05) is 78.1 Å². The second-order valence-electron chi connectivity index (χ2n) is 19.8. The molecule has 66 heavy (non-hydrogen) atoms. The number of aromatic hydroxyl groups is 1. The van der Waals surface area contributed by atoms with E-state index in [4.69, 9.17) is 19.9 Å². The third-order valence-electron chi connectivity index (χ3n) is 15.7. The maximum atomic E-state index is 17.3. The summed E-state index contributed by atoms with van der Waals surface area (Å²) in [5, 5.41) is 22.8. The minimum atomic E-state index is -0.686. The number of aliphatic imine (C=N–C) groups is 3. The van der Waals surface area contributed by atoms with E-state index in [0.717, 1.165) is 69.7 Å². The molecule has 0 unspecified atom stereocenters. The maximum Gasteiger partial charge on any atom is 0.175 e. The molecule has 9 rings (SSSR count). The molecule has 5 fully saturated rings. The molecule has 1 atom stereocenters. The monoisotopic (exact) mass is 903 g/mol. The van der Waals surface area contributed by atoms with Crippen LogP contribution in [0.4, 0.5) is 14.5 Å². The molecule has 3 aromatic carbocycles. The van der Waals surface area contributed by atoms with Gasteiger partial charge in [-0.05, 0) is 168 Å². The second kappa shape index (κ2) is 19.8. The third-order valence-corrected chi connectivity index (χ3v) is 15.7. The van der Waals surface area contributed by atoms with Crippen LogP contribution < -0.4 is 5.32 Å². The largest absolute Gasteiger partial charge is 0.508 e. The van der Waals surface area contributed by atoms with Crippen LogP contribution in [0.5, 0.6) is 5.75 Å². The Bertz CT molecular complexity index is 2420. The topological polar surface area (TPSA) is 121 Å². The van der Waals surface area contributed by atoms with Gasteiger partial charge in [0.2, 0.25) is 0 Å². The summed E-state index contributed by atoms with van der Waals surface area (Å²) in [4.78, 5) is 21.3. The van der Waals surface area contributed by atoms with E-state index >= 15 is 8.78 Å². The normalized spacial score (nSPS) is 24.0. The zero-order valence-electron chi connectivity index (χ0n) is 39.2. The number of phenols is 1. The molecule has 0 bridgehead atoms. The van der Waals surface area contributed by atoms with Crippen molar-refractivity contribution in [3.8, 4) is 5.75 Å². The van der Waals surface area contributed by atoms with Crippen molar-refractivity contribution in [1.82, 2.24) is 14.7 Å². The number of halogens is 2. The first-order chi connectivity index (χ1) is 32.1. The van der Waals surface area contributed by atoms with Gasteiger partial charge in [0, 0.05) is 74.0 Å². The molecule has 0 aromatic heterocycles. The lowest BCUT2D eigenvalue weighted by Crippen LogP contribution is -2.56. The molecule has 2 saturated carbocycles.